The fraction of sp³-hybridized carbons (Fsp3) is 0.296. The molecule has 1 aliphatic rings. The molecule has 3 heteroatoms. The highest BCUT2D eigenvalue weighted by molar-refractivity contribution is 6.01. The van der Waals surface area contributed by atoms with Crippen molar-refractivity contribution in [2.24, 2.45) is 0 Å². The van der Waals surface area contributed by atoms with Gasteiger partial charge in [-0.2, -0.15) is 0 Å². The van der Waals surface area contributed by atoms with E-state index in [0.29, 0.717) is 6.61 Å². The molecule has 1 amide bonds. The largest absolute Gasteiger partial charge is 0.494 e. The number of para-hydroxylation sites is 1. The van der Waals surface area contributed by atoms with Gasteiger partial charge in [0.15, 0.2) is 0 Å². The molecule has 3 nitrogen and oxygen atoms in total. The van der Waals surface area contributed by atoms with Crippen molar-refractivity contribution in [3.63, 3.8) is 0 Å². The van der Waals surface area contributed by atoms with Crippen molar-refractivity contribution >= 4 is 5.91 Å². The van der Waals surface area contributed by atoms with E-state index in [2.05, 4.69) is 17.0 Å². The Kier molecular flexibility index (Phi) is 6.81. The van der Waals surface area contributed by atoms with Crippen LogP contribution in [0.3, 0.4) is 0 Å². The molecule has 0 saturated carbocycles. The second kappa shape index (κ2) is 10.1. The van der Waals surface area contributed by atoms with Crippen molar-refractivity contribution in [2.75, 3.05) is 13.2 Å². The number of benzene rings is 3. The van der Waals surface area contributed by atoms with Crippen molar-refractivity contribution < 1.29 is 9.53 Å². The number of ether oxygens (including phenoxy) is 1. The molecule has 0 radical (unpaired) electrons. The zero-order valence-corrected chi connectivity index (χ0v) is 17.4. The van der Waals surface area contributed by atoms with Gasteiger partial charge in [-0.25, -0.2) is 0 Å². The Morgan fingerprint density at radius 1 is 0.833 bits per heavy atom. The number of nitrogens with zero attached hydrogens (tertiary/aromatic N) is 1. The van der Waals surface area contributed by atoms with Crippen LogP contribution in [0.2, 0.25) is 0 Å². The SMILES string of the molecule is O=C(c1ccccc1-c1ccccc1)N1CCCCCC1CCOc1ccccc1. The van der Waals surface area contributed by atoms with Gasteiger partial charge in [0, 0.05) is 24.6 Å². The Balaban J connectivity index is 1.52. The number of hydrogen-bond acceptors (Lipinski definition) is 2. The molecule has 0 N–H and O–H groups in total. The van der Waals surface area contributed by atoms with Crippen molar-refractivity contribution in [3.8, 4) is 16.9 Å². The zero-order valence-electron chi connectivity index (χ0n) is 17.4. The highest BCUT2D eigenvalue weighted by atomic mass is 16.5. The van der Waals surface area contributed by atoms with Crippen LogP contribution in [0.1, 0.15) is 42.5 Å². The molecule has 1 saturated heterocycles. The third-order valence-electron chi connectivity index (χ3n) is 5.84. The van der Waals surface area contributed by atoms with Crippen molar-refractivity contribution in [2.45, 2.75) is 38.1 Å². The number of carbonyl (C=O) groups is 1. The third kappa shape index (κ3) is 4.91. The molecule has 154 valence electrons. The van der Waals surface area contributed by atoms with Crippen LogP contribution in [0, 0.1) is 0 Å². The van der Waals surface area contributed by atoms with E-state index >= 15 is 0 Å². The minimum Gasteiger partial charge on any atom is -0.494 e. The fourth-order valence-corrected chi connectivity index (χ4v) is 4.27. The highest BCUT2D eigenvalue weighted by Gasteiger charge is 2.27. The lowest BCUT2D eigenvalue weighted by Gasteiger charge is -2.31. The number of hydrogen-bond donors (Lipinski definition) is 0. The van der Waals surface area contributed by atoms with Gasteiger partial charge in [0.25, 0.3) is 5.91 Å². The Morgan fingerprint density at radius 3 is 2.33 bits per heavy atom. The van der Waals surface area contributed by atoms with E-state index < -0.39 is 0 Å². The van der Waals surface area contributed by atoms with Crippen LogP contribution in [0.5, 0.6) is 5.75 Å². The molecule has 1 aliphatic heterocycles. The smallest absolute Gasteiger partial charge is 0.254 e. The topological polar surface area (TPSA) is 29.5 Å². The van der Waals surface area contributed by atoms with E-state index in [-0.39, 0.29) is 11.9 Å². The molecule has 0 spiro atoms. The molecule has 3 aromatic rings. The Labute approximate surface area is 179 Å². The lowest BCUT2D eigenvalue weighted by molar-refractivity contribution is 0.0659. The van der Waals surface area contributed by atoms with Crippen molar-refractivity contribution in [3.05, 3.63) is 90.5 Å². The summed E-state index contributed by atoms with van der Waals surface area (Å²) in [5.74, 6) is 1.03. The van der Waals surface area contributed by atoms with Crippen LogP contribution >= 0.6 is 0 Å². The molecule has 0 bridgehead atoms. The summed E-state index contributed by atoms with van der Waals surface area (Å²) in [4.78, 5) is 15.8. The fourth-order valence-electron chi connectivity index (χ4n) is 4.27. The van der Waals surface area contributed by atoms with Gasteiger partial charge in [-0.15, -0.1) is 0 Å². The van der Waals surface area contributed by atoms with Crippen molar-refractivity contribution in [1.82, 2.24) is 4.90 Å². The van der Waals surface area contributed by atoms with Gasteiger partial charge in [0.05, 0.1) is 6.61 Å². The maximum Gasteiger partial charge on any atom is 0.254 e. The Hall–Kier alpha value is -3.07. The van der Waals surface area contributed by atoms with Gasteiger partial charge >= 0.3 is 0 Å². The van der Waals surface area contributed by atoms with Crippen LogP contribution in [-0.4, -0.2) is 30.0 Å². The molecule has 1 heterocycles. The van der Waals surface area contributed by atoms with E-state index in [1.165, 1.54) is 12.8 Å². The zero-order chi connectivity index (χ0) is 20.6. The molecular weight excluding hydrogens is 370 g/mol. The Bertz CT molecular complexity index is 939. The van der Waals surface area contributed by atoms with Gasteiger partial charge in [-0.05, 0) is 42.2 Å². The molecule has 0 aliphatic carbocycles. The first kappa shape index (κ1) is 20.2. The van der Waals surface area contributed by atoms with Gasteiger partial charge in [-0.3, -0.25) is 4.79 Å². The summed E-state index contributed by atoms with van der Waals surface area (Å²) in [6, 6.07) is 28.3. The summed E-state index contributed by atoms with van der Waals surface area (Å²) in [7, 11) is 0. The van der Waals surface area contributed by atoms with Crippen LogP contribution < -0.4 is 4.74 Å². The maximum absolute atomic E-state index is 13.7. The van der Waals surface area contributed by atoms with E-state index in [4.69, 9.17) is 4.74 Å². The maximum atomic E-state index is 13.7. The minimum atomic E-state index is 0.140. The standard InChI is InChI=1S/C27H29NO2/c29-27(26-18-10-9-17-25(26)22-12-4-1-5-13-22)28-20-11-3-6-14-23(28)19-21-30-24-15-7-2-8-16-24/h1-2,4-5,7-10,12-13,15-18,23H,3,6,11,14,19-21H2. The molecule has 3 aromatic carbocycles. The second-order valence-corrected chi connectivity index (χ2v) is 7.86. The normalized spacial score (nSPS) is 16.7. The summed E-state index contributed by atoms with van der Waals surface area (Å²) < 4.78 is 5.94. The van der Waals surface area contributed by atoms with Gasteiger partial charge in [0.1, 0.15) is 5.75 Å². The number of rotatable bonds is 6. The Morgan fingerprint density at radius 2 is 1.53 bits per heavy atom. The lowest BCUT2D eigenvalue weighted by Crippen LogP contribution is -2.41. The van der Waals surface area contributed by atoms with E-state index in [0.717, 1.165) is 48.2 Å². The third-order valence-corrected chi connectivity index (χ3v) is 5.84. The average molecular weight is 400 g/mol. The predicted octanol–water partition coefficient (Wildman–Crippen LogP) is 6.21. The van der Waals surface area contributed by atoms with E-state index in [1.54, 1.807) is 0 Å². The van der Waals surface area contributed by atoms with Crippen LogP contribution in [-0.2, 0) is 0 Å². The summed E-state index contributed by atoms with van der Waals surface area (Å²) >= 11 is 0. The van der Waals surface area contributed by atoms with E-state index in [1.807, 2.05) is 72.8 Å². The molecule has 1 fully saturated rings. The highest BCUT2D eigenvalue weighted by Crippen LogP contribution is 2.28. The van der Waals surface area contributed by atoms with Crippen LogP contribution in [0.25, 0.3) is 11.1 Å². The summed E-state index contributed by atoms with van der Waals surface area (Å²) in [6.45, 7) is 1.44. The van der Waals surface area contributed by atoms with Gasteiger partial charge < -0.3 is 9.64 Å². The monoisotopic (exact) mass is 399 g/mol. The first-order valence-electron chi connectivity index (χ1n) is 11.0. The van der Waals surface area contributed by atoms with Crippen LogP contribution in [0.4, 0.5) is 0 Å². The molecule has 0 aromatic heterocycles. The molecule has 1 atom stereocenters. The number of carbonyl (C=O) groups excluding carboxylic acids is 1. The first-order chi connectivity index (χ1) is 14.8. The minimum absolute atomic E-state index is 0.140. The molecule has 1 unspecified atom stereocenters. The van der Waals surface area contributed by atoms with Crippen molar-refractivity contribution in [1.29, 1.82) is 0 Å². The van der Waals surface area contributed by atoms with Gasteiger partial charge in [-0.1, -0.05) is 79.6 Å². The van der Waals surface area contributed by atoms with E-state index in [9.17, 15) is 4.79 Å². The number of amides is 1. The van der Waals surface area contributed by atoms with Gasteiger partial charge in [0.2, 0.25) is 0 Å². The average Bonchev–Trinajstić information content (AvgIpc) is 3.05. The van der Waals surface area contributed by atoms with Crippen LogP contribution in [0.15, 0.2) is 84.9 Å². The summed E-state index contributed by atoms with van der Waals surface area (Å²) in [5.41, 5.74) is 2.88. The number of likely N-dealkylation sites (tertiary alicyclic amines) is 1. The molecule has 4 rings (SSSR count). The summed E-state index contributed by atoms with van der Waals surface area (Å²) in [5, 5.41) is 0. The lowest BCUT2D eigenvalue weighted by atomic mass is 9.98. The first-order valence-corrected chi connectivity index (χ1v) is 11.0. The molecular formula is C27H29NO2. The predicted molar refractivity (Wildman–Crippen MR) is 122 cm³/mol. The summed E-state index contributed by atoms with van der Waals surface area (Å²) in [6.07, 6.45) is 5.31. The molecule has 30 heavy (non-hydrogen) atoms. The quantitative estimate of drug-likeness (QED) is 0.493. The second-order valence-electron chi connectivity index (χ2n) is 7.86.